The van der Waals surface area contributed by atoms with E-state index in [1.54, 1.807) is 6.07 Å². The summed E-state index contributed by atoms with van der Waals surface area (Å²) < 4.78 is 29.2. The molecule has 0 radical (unpaired) electrons. The van der Waals surface area contributed by atoms with Crippen LogP contribution >= 0.6 is 23.2 Å². The number of rotatable bonds is 5. The molecular formula is C14H10Cl2O5S. The van der Waals surface area contributed by atoms with Gasteiger partial charge >= 0.3 is 5.97 Å². The Balaban J connectivity index is 2.38. The molecule has 5 nitrogen and oxygen atoms in total. The van der Waals surface area contributed by atoms with Crippen molar-refractivity contribution in [3.05, 3.63) is 64.1 Å². The van der Waals surface area contributed by atoms with Crippen molar-refractivity contribution in [2.75, 3.05) is 0 Å². The van der Waals surface area contributed by atoms with Gasteiger partial charge in [-0.25, -0.2) is 8.98 Å². The summed E-state index contributed by atoms with van der Waals surface area (Å²) in [5.74, 6) is -1.47. The van der Waals surface area contributed by atoms with Crippen LogP contribution in [-0.4, -0.2) is 19.5 Å². The Morgan fingerprint density at radius 3 is 2.18 bits per heavy atom. The molecule has 0 bridgehead atoms. The van der Waals surface area contributed by atoms with Gasteiger partial charge in [-0.2, -0.15) is 8.42 Å². The molecule has 2 aromatic rings. The lowest BCUT2D eigenvalue weighted by Gasteiger charge is -2.15. The van der Waals surface area contributed by atoms with Crippen molar-refractivity contribution in [3.63, 3.8) is 0 Å². The number of aliphatic carboxylic acids is 1. The predicted octanol–water partition coefficient (Wildman–Crippen LogP) is 3.52. The average molecular weight is 361 g/mol. The Kier molecular flexibility index (Phi) is 5.08. The fourth-order valence-corrected chi connectivity index (χ4v) is 3.08. The number of carbonyl (C=O) groups is 1. The third kappa shape index (κ3) is 3.78. The van der Waals surface area contributed by atoms with Gasteiger partial charge in [-0.15, -0.1) is 0 Å². The van der Waals surface area contributed by atoms with Crippen molar-refractivity contribution < 1.29 is 22.5 Å². The van der Waals surface area contributed by atoms with Gasteiger partial charge in [-0.3, -0.25) is 0 Å². The van der Waals surface area contributed by atoms with E-state index >= 15 is 0 Å². The monoisotopic (exact) mass is 360 g/mol. The molecule has 0 fully saturated rings. The first-order valence-corrected chi connectivity index (χ1v) is 8.14. The fraction of sp³-hybridized carbons (Fsp3) is 0.0714. The Morgan fingerprint density at radius 1 is 1.05 bits per heavy atom. The van der Waals surface area contributed by atoms with Crippen LogP contribution in [0.2, 0.25) is 10.0 Å². The molecule has 116 valence electrons. The van der Waals surface area contributed by atoms with E-state index in [4.69, 9.17) is 27.4 Å². The van der Waals surface area contributed by atoms with Gasteiger partial charge in [0, 0.05) is 15.6 Å². The van der Waals surface area contributed by atoms with E-state index in [-0.39, 0.29) is 15.5 Å². The number of carboxylic acid groups (broad SMARTS) is 1. The lowest BCUT2D eigenvalue weighted by atomic mass is 10.1. The first kappa shape index (κ1) is 16.8. The van der Waals surface area contributed by atoms with Gasteiger partial charge in [0.25, 0.3) is 10.1 Å². The highest BCUT2D eigenvalue weighted by Crippen LogP contribution is 2.29. The Morgan fingerprint density at radius 2 is 1.64 bits per heavy atom. The summed E-state index contributed by atoms with van der Waals surface area (Å²) >= 11 is 11.6. The third-order valence-corrected chi connectivity index (χ3v) is 4.63. The molecule has 0 saturated carbocycles. The van der Waals surface area contributed by atoms with Crippen molar-refractivity contribution in [2.45, 2.75) is 11.0 Å². The smallest absolute Gasteiger partial charge is 0.339 e. The fourth-order valence-electron chi connectivity index (χ4n) is 1.70. The Bertz CT molecular complexity index is 787. The molecule has 2 rings (SSSR count). The molecule has 0 aromatic heterocycles. The van der Waals surface area contributed by atoms with Gasteiger partial charge in [0.15, 0.2) is 0 Å². The highest BCUT2D eigenvalue weighted by atomic mass is 35.5. The minimum absolute atomic E-state index is 0.0502. The van der Waals surface area contributed by atoms with E-state index in [1.807, 2.05) is 0 Å². The summed E-state index contributed by atoms with van der Waals surface area (Å²) in [7, 11) is -4.28. The van der Waals surface area contributed by atoms with Crippen LogP contribution in [0.4, 0.5) is 0 Å². The summed E-state index contributed by atoms with van der Waals surface area (Å²) in [6.07, 6.45) is -1.74. The number of carboxylic acids is 1. The highest BCUT2D eigenvalue weighted by Gasteiger charge is 2.30. The second-order valence-electron chi connectivity index (χ2n) is 4.24. The van der Waals surface area contributed by atoms with Crippen molar-refractivity contribution in [1.82, 2.24) is 0 Å². The van der Waals surface area contributed by atoms with Gasteiger partial charge in [0.2, 0.25) is 6.10 Å². The van der Waals surface area contributed by atoms with Crippen LogP contribution in [0.1, 0.15) is 11.7 Å². The zero-order chi connectivity index (χ0) is 16.3. The second kappa shape index (κ2) is 6.66. The third-order valence-electron chi connectivity index (χ3n) is 2.74. The van der Waals surface area contributed by atoms with Gasteiger partial charge in [0.05, 0.1) is 4.90 Å². The van der Waals surface area contributed by atoms with Crippen LogP contribution in [0.25, 0.3) is 0 Å². The summed E-state index contributed by atoms with van der Waals surface area (Å²) in [5, 5.41) is 9.68. The van der Waals surface area contributed by atoms with Crippen LogP contribution in [0.5, 0.6) is 0 Å². The second-order valence-corrected chi connectivity index (χ2v) is 6.66. The van der Waals surface area contributed by atoms with Crippen LogP contribution in [0, 0.1) is 0 Å². The SMILES string of the molecule is O=C(O)[C@H](OS(=O)(=O)c1ccc(Cl)cc1)c1ccccc1Cl. The highest BCUT2D eigenvalue weighted by molar-refractivity contribution is 7.86. The molecule has 1 atom stereocenters. The lowest BCUT2D eigenvalue weighted by Crippen LogP contribution is -2.20. The maximum absolute atomic E-state index is 12.2. The van der Waals surface area contributed by atoms with E-state index in [9.17, 15) is 18.3 Å². The van der Waals surface area contributed by atoms with E-state index in [0.717, 1.165) is 0 Å². The summed E-state index contributed by atoms with van der Waals surface area (Å²) in [5.41, 5.74) is 0.0502. The maximum atomic E-state index is 12.2. The first-order valence-electron chi connectivity index (χ1n) is 5.97. The zero-order valence-corrected chi connectivity index (χ0v) is 13.3. The normalized spacial score (nSPS) is 12.8. The summed E-state index contributed by atoms with van der Waals surface area (Å²) in [4.78, 5) is 11.1. The van der Waals surface area contributed by atoms with E-state index in [0.29, 0.717) is 5.02 Å². The summed E-state index contributed by atoms with van der Waals surface area (Å²) in [6.45, 7) is 0. The first-order chi connectivity index (χ1) is 10.3. The van der Waals surface area contributed by atoms with E-state index < -0.39 is 22.2 Å². The molecule has 8 heteroatoms. The molecule has 0 saturated heterocycles. The van der Waals surface area contributed by atoms with Crippen LogP contribution < -0.4 is 0 Å². The van der Waals surface area contributed by atoms with Crippen LogP contribution in [0.3, 0.4) is 0 Å². The van der Waals surface area contributed by atoms with Crippen molar-refractivity contribution in [3.8, 4) is 0 Å². The van der Waals surface area contributed by atoms with Gasteiger partial charge in [-0.1, -0.05) is 41.4 Å². The predicted molar refractivity (Wildman–Crippen MR) is 81.6 cm³/mol. The number of hydrogen-bond acceptors (Lipinski definition) is 4. The van der Waals surface area contributed by atoms with E-state index in [2.05, 4.69) is 0 Å². The largest absolute Gasteiger partial charge is 0.479 e. The zero-order valence-electron chi connectivity index (χ0n) is 10.9. The van der Waals surface area contributed by atoms with Crippen molar-refractivity contribution >= 4 is 39.3 Å². The molecule has 0 unspecified atom stereocenters. The molecule has 0 heterocycles. The van der Waals surface area contributed by atoms with Crippen LogP contribution in [-0.2, 0) is 19.1 Å². The molecule has 22 heavy (non-hydrogen) atoms. The molecular weight excluding hydrogens is 351 g/mol. The molecule has 0 spiro atoms. The standard InChI is InChI=1S/C14H10Cl2O5S/c15-9-5-7-10(8-6-9)22(19,20)21-13(14(17)18)11-3-1-2-4-12(11)16/h1-8,13H,(H,17,18)/t13-/m1/s1. The van der Waals surface area contributed by atoms with Crippen LogP contribution in [0.15, 0.2) is 53.4 Å². The molecule has 0 aliphatic rings. The maximum Gasteiger partial charge on any atom is 0.339 e. The Labute approximate surface area is 137 Å². The minimum atomic E-state index is -4.28. The Hall–Kier alpha value is -1.60. The minimum Gasteiger partial charge on any atom is -0.479 e. The lowest BCUT2D eigenvalue weighted by molar-refractivity contribution is -0.145. The quantitative estimate of drug-likeness (QED) is 0.824. The van der Waals surface area contributed by atoms with Gasteiger partial charge in [-0.05, 0) is 30.3 Å². The topological polar surface area (TPSA) is 80.7 Å². The van der Waals surface area contributed by atoms with E-state index in [1.165, 1.54) is 42.5 Å². The number of halogens is 2. The van der Waals surface area contributed by atoms with Gasteiger partial charge in [0.1, 0.15) is 0 Å². The number of benzene rings is 2. The van der Waals surface area contributed by atoms with Crippen molar-refractivity contribution in [2.24, 2.45) is 0 Å². The number of hydrogen-bond donors (Lipinski definition) is 1. The van der Waals surface area contributed by atoms with Gasteiger partial charge < -0.3 is 5.11 Å². The molecule has 2 aromatic carbocycles. The molecule has 0 aliphatic heterocycles. The molecule has 1 N–H and O–H groups in total. The summed E-state index contributed by atoms with van der Waals surface area (Å²) in [6, 6.07) is 11.1. The molecule has 0 aliphatic carbocycles. The average Bonchev–Trinajstić information content (AvgIpc) is 2.46. The van der Waals surface area contributed by atoms with Crippen molar-refractivity contribution in [1.29, 1.82) is 0 Å². The molecule has 0 amide bonds.